The molecule has 0 unspecified atom stereocenters. The fourth-order valence-corrected chi connectivity index (χ4v) is 7.00. The Labute approximate surface area is 220 Å². The Kier molecular flexibility index (Phi) is 7.76. The molecule has 38 heavy (non-hydrogen) atoms. The number of hydrogen-bond acceptors (Lipinski definition) is 7. The van der Waals surface area contributed by atoms with Crippen molar-refractivity contribution < 1.29 is 31.5 Å². The number of ether oxygens (including phenoxy) is 1. The van der Waals surface area contributed by atoms with Crippen LogP contribution in [0.5, 0.6) is 0 Å². The van der Waals surface area contributed by atoms with Crippen molar-refractivity contribution in [3.05, 3.63) is 51.7 Å². The average molecular weight is 572 g/mol. The van der Waals surface area contributed by atoms with E-state index in [0.717, 1.165) is 37.2 Å². The van der Waals surface area contributed by atoms with Crippen LogP contribution < -0.4 is 20.2 Å². The van der Waals surface area contributed by atoms with Crippen LogP contribution in [0.2, 0.25) is 0 Å². The van der Waals surface area contributed by atoms with Crippen LogP contribution in [-0.2, 0) is 25.2 Å². The number of benzene rings is 1. The third kappa shape index (κ3) is 6.11. The molecule has 3 aromatic rings. The molecule has 1 aromatic carbocycles. The summed E-state index contributed by atoms with van der Waals surface area (Å²) in [5, 5.41) is 0.873. The molecule has 4 N–H and O–H groups in total. The molecule has 1 aliphatic heterocycles. The van der Waals surface area contributed by atoms with Gasteiger partial charge in [-0.2, -0.15) is 17.4 Å². The molecule has 206 valence electrons. The van der Waals surface area contributed by atoms with Gasteiger partial charge >= 0.3 is 6.18 Å². The number of rotatable bonds is 8. The van der Waals surface area contributed by atoms with Gasteiger partial charge < -0.3 is 10.5 Å². The summed E-state index contributed by atoms with van der Waals surface area (Å²) in [7, 11) is -4.44. The first-order valence-corrected chi connectivity index (χ1v) is 14.8. The van der Waals surface area contributed by atoms with Crippen LogP contribution >= 0.6 is 11.3 Å². The van der Waals surface area contributed by atoms with E-state index in [9.17, 15) is 26.7 Å². The number of hydrogen-bond donors (Lipinski definition) is 3. The minimum absolute atomic E-state index is 0.129. The zero-order valence-electron chi connectivity index (χ0n) is 20.6. The van der Waals surface area contributed by atoms with Crippen LogP contribution in [0.4, 0.5) is 13.2 Å². The highest BCUT2D eigenvalue weighted by Crippen LogP contribution is 2.30. The number of amides is 1. The van der Waals surface area contributed by atoms with Crippen LogP contribution in [-0.4, -0.2) is 75.2 Å². The quantitative estimate of drug-likeness (QED) is 0.348. The molecule has 3 heterocycles. The van der Waals surface area contributed by atoms with E-state index in [-0.39, 0.29) is 15.0 Å². The maximum Gasteiger partial charge on any atom is 0.433 e. The van der Waals surface area contributed by atoms with E-state index in [2.05, 4.69) is 26.2 Å². The number of aromatic nitrogens is 2. The zero-order chi connectivity index (χ0) is 27.7. The van der Waals surface area contributed by atoms with Gasteiger partial charge in [-0.05, 0) is 41.8 Å². The molecule has 1 saturated heterocycles. The highest BCUT2D eigenvalue weighted by atomic mass is 32.3. The Bertz CT molecular complexity index is 1540. The minimum Gasteiger partial charge on any atom is -0.379 e. The molecule has 0 atom stereocenters. The van der Waals surface area contributed by atoms with Crippen molar-refractivity contribution in [1.82, 2.24) is 19.6 Å². The molecule has 0 saturated carbocycles. The Morgan fingerprint density at radius 1 is 1.32 bits per heavy atom. The van der Waals surface area contributed by atoms with Crippen LogP contribution in [0.25, 0.3) is 22.2 Å². The molecule has 1 amide bonds. The molecule has 9 nitrogen and oxygen atoms in total. The number of fused-ring (bicyclic) bond motifs is 1. The Morgan fingerprint density at radius 2 is 2.03 bits per heavy atom. The van der Waals surface area contributed by atoms with E-state index in [1.165, 1.54) is 18.4 Å². The lowest BCUT2D eigenvalue weighted by atomic mass is 10.1. The van der Waals surface area contributed by atoms with Crippen molar-refractivity contribution >= 4 is 49.0 Å². The summed E-state index contributed by atoms with van der Waals surface area (Å²) in [5.41, 5.74) is 3.99. The predicted octanol–water partition coefficient (Wildman–Crippen LogP) is 1.31. The van der Waals surface area contributed by atoms with E-state index in [4.69, 9.17) is 10.5 Å². The monoisotopic (exact) mass is 571 g/mol. The molecular weight excluding hydrogens is 543 g/mol. The molecule has 0 radical (unpaired) electrons. The third-order valence-corrected chi connectivity index (χ3v) is 9.62. The van der Waals surface area contributed by atoms with Crippen molar-refractivity contribution in [3.63, 3.8) is 0 Å². The number of primary amides is 1. The summed E-state index contributed by atoms with van der Waals surface area (Å²) in [6.45, 7) is 8.03. The van der Waals surface area contributed by atoms with Crippen molar-refractivity contribution in [1.29, 1.82) is 0 Å². The van der Waals surface area contributed by atoms with Crippen LogP contribution in [0.1, 0.15) is 17.9 Å². The van der Waals surface area contributed by atoms with E-state index in [1.807, 2.05) is 0 Å². The third-order valence-electron chi connectivity index (χ3n) is 6.16. The summed E-state index contributed by atoms with van der Waals surface area (Å²) >= 11 is 1.00. The first-order valence-electron chi connectivity index (χ1n) is 11.7. The lowest BCUT2D eigenvalue weighted by molar-refractivity contribution is -0.141. The number of carbonyl (C=O) groups excluding carboxylic acids is 1. The molecule has 1 aliphatic rings. The van der Waals surface area contributed by atoms with Gasteiger partial charge in [0, 0.05) is 36.8 Å². The van der Waals surface area contributed by atoms with E-state index in [1.54, 1.807) is 6.07 Å². The fraction of sp³-hybridized carbons (Fsp3) is 0.375. The predicted molar refractivity (Wildman–Crippen MR) is 140 cm³/mol. The Morgan fingerprint density at radius 3 is 2.68 bits per heavy atom. The second-order valence-electron chi connectivity index (χ2n) is 9.06. The van der Waals surface area contributed by atoms with Crippen molar-refractivity contribution in [3.8, 4) is 0 Å². The first kappa shape index (κ1) is 28.3. The standard InChI is InChI=1S/C24H28F3N5O4S2/c1-15-17-5-4-16(38(2,34,35)30-7-3-9-32-10-12-36-13-11-32)14-18(17)37-21(15)20(22(28)33)23-29-8-6-19(31-23)24(25,26)27/h4-6,8,14H,1,3,7,9-13H2,2H3,(H2,28,33)(H2,30,34,35)/b21-20-. The zero-order valence-corrected chi connectivity index (χ0v) is 22.2. The Hall–Kier alpha value is -2.75. The van der Waals surface area contributed by atoms with E-state index < -0.39 is 33.1 Å². The summed E-state index contributed by atoms with van der Waals surface area (Å²) in [6.07, 6.45) is -1.96. The average Bonchev–Trinajstić information content (AvgIpc) is 3.17. The van der Waals surface area contributed by atoms with Crippen molar-refractivity contribution in [2.24, 2.45) is 5.73 Å². The smallest absolute Gasteiger partial charge is 0.379 e. The lowest BCUT2D eigenvalue weighted by Gasteiger charge is -2.40. The van der Waals surface area contributed by atoms with Gasteiger partial charge in [0.15, 0.2) is 5.82 Å². The molecule has 4 rings (SSSR count). The second-order valence-corrected chi connectivity index (χ2v) is 13.4. The number of halogens is 3. The first-order chi connectivity index (χ1) is 17.7. The number of nitrogens with two attached hydrogens (primary N) is 1. The molecule has 0 spiro atoms. The van der Waals surface area contributed by atoms with E-state index >= 15 is 0 Å². The number of carbonyl (C=O) groups is 1. The highest BCUT2D eigenvalue weighted by molar-refractivity contribution is 8.12. The van der Waals surface area contributed by atoms with Crippen molar-refractivity contribution in [2.45, 2.75) is 17.5 Å². The topological polar surface area (TPSA) is 131 Å². The van der Waals surface area contributed by atoms with Crippen LogP contribution in [0.15, 0.2) is 35.4 Å². The lowest BCUT2D eigenvalue weighted by Crippen LogP contribution is -2.47. The molecule has 14 heteroatoms. The normalized spacial score (nSPS) is 17.2. The minimum atomic E-state index is -4.74. The van der Waals surface area contributed by atoms with Gasteiger partial charge in [0.1, 0.15) is 11.3 Å². The van der Waals surface area contributed by atoms with Gasteiger partial charge in [-0.25, -0.2) is 14.7 Å². The molecule has 1 fully saturated rings. The number of morpholine rings is 1. The van der Waals surface area contributed by atoms with Crippen molar-refractivity contribution in [2.75, 3.05) is 45.6 Å². The van der Waals surface area contributed by atoms with Gasteiger partial charge in [-0.3, -0.25) is 14.2 Å². The summed E-state index contributed by atoms with van der Waals surface area (Å²) in [4.78, 5) is 22.0. The van der Waals surface area contributed by atoms with Gasteiger partial charge in [0.25, 0.3) is 5.91 Å². The van der Waals surface area contributed by atoms with Gasteiger partial charge in [0.05, 0.1) is 22.6 Å². The number of thiophene rings is 1. The molecule has 2 aromatic heterocycles. The fourth-order valence-electron chi connectivity index (χ4n) is 4.12. The number of nitrogens with zero attached hydrogens (tertiary/aromatic N) is 3. The summed E-state index contributed by atoms with van der Waals surface area (Å²) in [5.74, 6) is -1.51. The maximum absolute atomic E-state index is 13.6. The molecular formula is C24H28F3N5O4S2. The number of alkyl halides is 3. The Balaban J connectivity index is 1.68. The SMILES string of the molecule is C=c1/c(=C(\C(N)=O)c2nccc(C(F)(F)F)n2)sc2cc(S(C)(=O)(O)NCCCN3CCOCC3)ccc12. The second kappa shape index (κ2) is 10.4. The molecule has 0 aliphatic carbocycles. The largest absolute Gasteiger partial charge is 0.433 e. The van der Waals surface area contributed by atoms with E-state index in [0.29, 0.717) is 47.6 Å². The summed E-state index contributed by atoms with van der Waals surface area (Å²) in [6, 6.07) is 5.27. The summed E-state index contributed by atoms with van der Waals surface area (Å²) < 4.78 is 73.0. The highest BCUT2D eigenvalue weighted by Gasteiger charge is 2.33. The van der Waals surface area contributed by atoms with Gasteiger partial charge in [-0.15, -0.1) is 20.9 Å². The van der Waals surface area contributed by atoms with Gasteiger partial charge in [-0.1, -0.05) is 12.6 Å². The maximum atomic E-state index is 13.6. The van der Waals surface area contributed by atoms with Crippen LogP contribution in [0, 0.1) is 0 Å². The van der Waals surface area contributed by atoms with Gasteiger partial charge in [0.2, 0.25) is 0 Å². The number of nitrogens with one attached hydrogen (secondary N) is 1. The van der Waals surface area contributed by atoms with Crippen LogP contribution in [0.3, 0.4) is 0 Å². The molecule has 0 bridgehead atoms.